The lowest BCUT2D eigenvalue weighted by atomic mass is 10.2. The highest BCUT2D eigenvalue weighted by Gasteiger charge is 2.22. The predicted molar refractivity (Wildman–Crippen MR) is 122 cm³/mol. The van der Waals surface area contributed by atoms with Crippen LogP contribution < -0.4 is 5.56 Å². The Bertz CT molecular complexity index is 1290. The highest BCUT2D eigenvalue weighted by molar-refractivity contribution is 8.00. The van der Waals surface area contributed by atoms with E-state index < -0.39 is 5.25 Å². The number of carbonyl (C=O) groups is 1. The van der Waals surface area contributed by atoms with E-state index in [0.717, 1.165) is 18.4 Å². The molecule has 0 radical (unpaired) electrons. The molecule has 4 aromatic rings. The highest BCUT2D eigenvalue weighted by Crippen LogP contribution is 2.26. The Morgan fingerprint density at radius 2 is 1.87 bits per heavy atom. The highest BCUT2D eigenvalue weighted by atomic mass is 32.2. The second-order valence-electron chi connectivity index (χ2n) is 7.39. The lowest BCUT2D eigenvalue weighted by Gasteiger charge is -2.13. The quantitative estimate of drug-likeness (QED) is 0.246. The molecule has 1 atom stereocenters. The van der Waals surface area contributed by atoms with Crippen molar-refractivity contribution in [2.24, 2.45) is 0 Å². The number of hydrogen-bond acceptors (Lipinski definition) is 6. The minimum Gasteiger partial charge on any atom is -0.465 e. The van der Waals surface area contributed by atoms with Crippen molar-refractivity contribution in [1.29, 1.82) is 0 Å². The summed E-state index contributed by atoms with van der Waals surface area (Å²) in [6, 6.07) is 15.0. The van der Waals surface area contributed by atoms with E-state index in [1.165, 1.54) is 11.8 Å². The van der Waals surface area contributed by atoms with Gasteiger partial charge in [-0.3, -0.25) is 14.0 Å². The Morgan fingerprint density at radius 3 is 2.61 bits per heavy atom. The fraction of sp³-hybridized carbons (Fsp3) is 0.304. The van der Waals surface area contributed by atoms with Crippen LogP contribution in [0.25, 0.3) is 22.4 Å². The van der Waals surface area contributed by atoms with Crippen molar-refractivity contribution in [3.8, 4) is 5.69 Å². The molecule has 0 saturated heterocycles. The topological polar surface area (TPSA) is 78.5 Å². The summed E-state index contributed by atoms with van der Waals surface area (Å²) in [5.74, 6) is 0.118. The third kappa shape index (κ3) is 4.07. The van der Waals surface area contributed by atoms with Gasteiger partial charge in [0.2, 0.25) is 5.78 Å². The summed E-state index contributed by atoms with van der Waals surface area (Å²) in [6.45, 7) is 6.25. The molecule has 4 rings (SSSR count). The van der Waals surface area contributed by atoms with E-state index in [9.17, 15) is 9.59 Å². The van der Waals surface area contributed by atoms with Gasteiger partial charge in [-0.1, -0.05) is 54.9 Å². The zero-order valence-electron chi connectivity index (χ0n) is 17.7. The molecule has 0 spiro atoms. The number of rotatable bonds is 7. The summed E-state index contributed by atoms with van der Waals surface area (Å²) in [5.41, 5.74) is 2.34. The maximum Gasteiger partial charge on any atom is 0.319 e. The standard InChI is InChI=1S/C23H24N4O3S/c1-4-5-14-30-21(29)16(3)31-23-25-24-22-26(17-12-10-15(2)11-13-17)20(28)18-8-6-7-9-19(18)27(22)23/h6-13,16H,4-5,14H2,1-3H3. The van der Waals surface area contributed by atoms with Crippen molar-refractivity contribution < 1.29 is 9.53 Å². The van der Waals surface area contributed by atoms with Gasteiger partial charge in [0.15, 0.2) is 5.16 Å². The largest absolute Gasteiger partial charge is 0.465 e. The van der Waals surface area contributed by atoms with Crippen molar-refractivity contribution in [2.75, 3.05) is 6.61 Å². The van der Waals surface area contributed by atoms with Gasteiger partial charge in [-0.25, -0.2) is 4.57 Å². The van der Waals surface area contributed by atoms with Gasteiger partial charge >= 0.3 is 5.97 Å². The lowest BCUT2D eigenvalue weighted by molar-refractivity contribution is -0.142. The molecule has 2 aromatic carbocycles. The number of benzene rings is 2. The second kappa shape index (κ2) is 8.93. The fourth-order valence-electron chi connectivity index (χ4n) is 3.32. The first-order valence-electron chi connectivity index (χ1n) is 10.3. The molecule has 31 heavy (non-hydrogen) atoms. The molecule has 0 bridgehead atoms. The van der Waals surface area contributed by atoms with Crippen molar-refractivity contribution in [1.82, 2.24) is 19.2 Å². The van der Waals surface area contributed by atoms with Crippen LogP contribution in [0.15, 0.2) is 58.5 Å². The first-order chi connectivity index (χ1) is 15.0. The van der Waals surface area contributed by atoms with E-state index >= 15 is 0 Å². The summed E-state index contributed by atoms with van der Waals surface area (Å²) in [7, 11) is 0. The van der Waals surface area contributed by atoms with Gasteiger partial charge in [-0.15, -0.1) is 10.2 Å². The third-order valence-electron chi connectivity index (χ3n) is 5.04. The van der Waals surface area contributed by atoms with E-state index in [0.29, 0.717) is 34.1 Å². The number of hydrogen-bond donors (Lipinski definition) is 0. The summed E-state index contributed by atoms with van der Waals surface area (Å²) < 4.78 is 8.73. The molecule has 0 aliphatic rings. The Morgan fingerprint density at radius 1 is 1.13 bits per heavy atom. The molecule has 8 heteroatoms. The van der Waals surface area contributed by atoms with E-state index in [-0.39, 0.29) is 11.5 Å². The lowest BCUT2D eigenvalue weighted by Crippen LogP contribution is -2.22. The molecule has 0 N–H and O–H groups in total. The number of esters is 1. The number of aromatic nitrogens is 4. The molecule has 0 saturated carbocycles. The molecular weight excluding hydrogens is 412 g/mol. The number of thioether (sulfide) groups is 1. The van der Waals surface area contributed by atoms with Crippen LogP contribution in [0.5, 0.6) is 0 Å². The molecule has 2 aromatic heterocycles. The maximum absolute atomic E-state index is 13.3. The van der Waals surface area contributed by atoms with Gasteiger partial charge in [0.1, 0.15) is 5.25 Å². The molecule has 7 nitrogen and oxygen atoms in total. The van der Waals surface area contributed by atoms with Gasteiger partial charge in [0.05, 0.1) is 23.2 Å². The van der Waals surface area contributed by atoms with Gasteiger partial charge in [0.25, 0.3) is 5.56 Å². The molecule has 0 aliphatic heterocycles. The normalized spacial score (nSPS) is 12.4. The van der Waals surface area contributed by atoms with E-state index in [1.54, 1.807) is 17.6 Å². The number of unbranched alkanes of at least 4 members (excludes halogenated alkanes) is 1. The van der Waals surface area contributed by atoms with Crippen molar-refractivity contribution in [2.45, 2.75) is 44.0 Å². The number of ether oxygens (including phenoxy) is 1. The van der Waals surface area contributed by atoms with Crippen molar-refractivity contribution in [3.05, 3.63) is 64.4 Å². The molecule has 160 valence electrons. The van der Waals surface area contributed by atoms with E-state index in [1.807, 2.05) is 60.7 Å². The van der Waals surface area contributed by atoms with Gasteiger partial charge in [0, 0.05) is 0 Å². The van der Waals surface area contributed by atoms with Crippen LogP contribution in [0, 0.1) is 6.92 Å². The molecule has 0 amide bonds. The SMILES string of the molecule is CCCCOC(=O)C(C)Sc1nnc2n(-c3ccc(C)cc3)c(=O)c3ccccc3n12. The van der Waals surface area contributed by atoms with Crippen LogP contribution in [0.4, 0.5) is 0 Å². The third-order valence-corrected chi connectivity index (χ3v) is 6.06. The maximum atomic E-state index is 13.3. The Kier molecular flexibility index (Phi) is 6.08. The molecule has 0 fully saturated rings. The van der Waals surface area contributed by atoms with Crippen LogP contribution in [0.2, 0.25) is 0 Å². The average Bonchev–Trinajstić information content (AvgIpc) is 3.18. The Balaban J connectivity index is 1.83. The number of nitrogens with zero attached hydrogens (tertiary/aromatic N) is 4. The summed E-state index contributed by atoms with van der Waals surface area (Å²) in [5, 5.41) is 9.27. The summed E-state index contributed by atoms with van der Waals surface area (Å²) in [4.78, 5) is 25.7. The number of para-hydroxylation sites is 1. The predicted octanol–water partition coefficient (Wildman–Crippen LogP) is 4.17. The molecular formula is C23H24N4O3S. The van der Waals surface area contributed by atoms with Crippen LogP contribution >= 0.6 is 11.8 Å². The zero-order chi connectivity index (χ0) is 22.0. The second-order valence-corrected chi connectivity index (χ2v) is 8.70. The van der Waals surface area contributed by atoms with Crippen LogP contribution in [0.3, 0.4) is 0 Å². The number of carbonyl (C=O) groups excluding carboxylic acids is 1. The molecule has 1 unspecified atom stereocenters. The zero-order valence-corrected chi connectivity index (χ0v) is 18.6. The van der Waals surface area contributed by atoms with Crippen LogP contribution in [-0.4, -0.2) is 37.0 Å². The van der Waals surface area contributed by atoms with Crippen molar-refractivity contribution >= 4 is 34.4 Å². The smallest absolute Gasteiger partial charge is 0.319 e. The molecule has 0 aliphatic carbocycles. The first kappa shape index (κ1) is 21.1. The average molecular weight is 437 g/mol. The molecule has 2 heterocycles. The minimum absolute atomic E-state index is 0.164. The van der Waals surface area contributed by atoms with Gasteiger partial charge in [-0.05, 0) is 44.5 Å². The van der Waals surface area contributed by atoms with E-state index in [4.69, 9.17) is 4.74 Å². The van der Waals surface area contributed by atoms with Crippen molar-refractivity contribution in [3.63, 3.8) is 0 Å². The Hall–Kier alpha value is -3.13. The first-order valence-corrected chi connectivity index (χ1v) is 11.2. The number of fused-ring (bicyclic) bond motifs is 3. The summed E-state index contributed by atoms with van der Waals surface area (Å²) in [6.07, 6.45) is 1.80. The monoisotopic (exact) mass is 436 g/mol. The Labute approximate surface area is 184 Å². The number of aryl methyl sites for hydroxylation is 1. The fourth-order valence-corrected chi connectivity index (χ4v) is 4.18. The van der Waals surface area contributed by atoms with Gasteiger partial charge < -0.3 is 4.74 Å². The van der Waals surface area contributed by atoms with Gasteiger partial charge in [-0.2, -0.15) is 0 Å². The summed E-state index contributed by atoms with van der Waals surface area (Å²) >= 11 is 1.27. The van der Waals surface area contributed by atoms with Crippen LogP contribution in [0.1, 0.15) is 32.3 Å². The van der Waals surface area contributed by atoms with E-state index in [2.05, 4.69) is 10.2 Å². The van der Waals surface area contributed by atoms with Crippen LogP contribution in [-0.2, 0) is 9.53 Å². The minimum atomic E-state index is -0.456.